The van der Waals surface area contributed by atoms with Gasteiger partial charge in [-0.1, -0.05) is 18.2 Å². The number of hydrogen-bond donors (Lipinski definition) is 3. The van der Waals surface area contributed by atoms with E-state index in [1.54, 1.807) is 45.6 Å². The van der Waals surface area contributed by atoms with Crippen molar-refractivity contribution in [1.29, 1.82) is 0 Å². The number of hydrogen-bond acceptors (Lipinski definition) is 10. The lowest BCUT2D eigenvalue weighted by atomic mass is 9.43. The molecule has 5 saturated carbocycles. The van der Waals surface area contributed by atoms with E-state index in [0.29, 0.717) is 12.2 Å². The Hall–Kier alpha value is -1.63. The molecular formula is C31H43NO9. The van der Waals surface area contributed by atoms with Crippen LogP contribution in [-0.2, 0) is 23.7 Å². The molecule has 41 heavy (non-hydrogen) atoms. The average Bonchev–Trinajstić information content (AvgIpc) is 3.36. The third-order valence-corrected chi connectivity index (χ3v) is 12.5. The molecule has 7 bridgehead atoms. The second-order valence-corrected chi connectivity index (χ2v) is 13.6. The summed E-state index contributed by atoms with van der Waals surface area (Å²) in [5.41, 5.74) is -3.95. The quantitative estimate of drug-likeness (QED) is 0.402. The van der Waals surface area contributed by atoms with Gasteiger partial charge in [-0.15, -0.1) is 0 Å². The van der Waals surface area contributed by atoms with Gasteiger partial charge < -0.3 is 43.9 Å². The zero-order valence-corrected chi connectivity index (χ0v) is 24.4. The zero-order valence-electron chi connectivity index (χ0n) is 24.4. The van der Waals surface area contributed by atoms with E-state index in [2.05, 4.69) is 11.9 Å². The number of nitrogens with zero attached hydrogens (tertiary/aromatic N) is 1. The maximum absolute atomic E-state index is 13.5. The first-order chi connectivity index (χ1) is 19.6. The molecule has 7 rings (SSSR count). The van der Waals surface area contributed by atoms with E-state index in [-0.39, 0.29) is 35.8 Å². The Kier molecular flexibility index (Phi) is 6.31. The zero-order chi connectivity index (χ0) is 29.1. The number of fused-ring (bicyclic) bond motifs is 2. The Balaban J connectivity index is 1.46. The molecule has 3 N–H and O–H groups in total. The van der Waals surface area contributed by atoms with Crippen molar-refractivity contribution < 1.29 is 43.8 Å². The van der Waals surface area contributed by atoms with E-state index in [9.17, 15) is 20.1 Å². The van der Waals surface area contributed by atoms with Crippen molar-refractivity contribution in [3.05, 3.63) is 35.9 Å². The van der Waals surface area contributed by atoms with Gasteiger partial charge in [0.15, 0.2) is 0 Å². The van der Waals surface area contributed by atoms with Crippen LogP contribution >= 0.6 is 0 Å². The van der Waals surface area contributed by atoms with Gasteiger partial charge in [-0.05, 0) is 44.4 Å². The third-order valence-electron chi connectivity index (χ3n) is 12.5. The SMILES string of the molecule is COC[C@@]12CCC(OC)C34C(C([C@H](OC)[C@@H]31)[C@]1(O)[C@@H]3[C@H]4C[C@@](O)([C@@H]3OC(=O)c3ccccc3)[C@@H](OC)[C@@H]1O)N(C)C2. The fraction of sp³-hybridized carbons (Fsp3) is 0.774. The summed E-state index contributed by atoms with van der Waals surface area (Å²) in [6, 6.07) is 8.46. The standard InChI is InChI=1S/C31H43NO9/c1-32-14-28(15-37-2)12-11-18(38-3)30-17-13-29(35)25(41-27(34)16-9-7-6-8-10-16)19(17)31(36,24(33)26(29)40-5)20(23(30)32)21(39-4)22(28)30/h6-10,17-26,33,35-36H,11-15H2,1-5H3/t17-,18?,19-,20?,21+,22-,23?,24+,25-,26+,28+,29-,30?,31-/m1/s1. The summed E-state index contributed by atoms with van der Waals surface area (Å²) in [7, 11) is 8.65. The summed E-state index contributed by atoms with van der Waals surface area (Å²) >= 11 is 0. The van der Waals surface area contributed by atoms with Gasteiger partial charge in [0, 0.05) is 69.6 Å². The fourth-order valence-corrected chi connectivity index (χ4v) is 11.8. The second-order valence-electron chi connectivity index (χ2n) is 13.6. The molecule has 0 aromatic heterocycles. The second kappa shape index (κ2) is 9.19. The summed E-state index contributed by atoms with van der Waals surface area (Å²) in [6.07, 6.45) is -2.45. The molecule has 1 spiro atoms. The lowest BCUT2D eigenvalue weighted by Gasteiger charge is -2.69. The molecule has 0 radical (unpaired) electrons. The van der Waals surface area contributed by atoms with Gasteiger partial charge in [0.1, 0.15) is 29.5 Å². The molecular weight excluding hydrogens is 530 g/mol. The summed E-state index contributed by atoms with van der Waals surface area (Å²) in [6.45, 7) is 1.29. The highest BCUT2D eigenvalue weighted by atomic mass is 16.6. The number of rotatable bonds is 7. The maximum atomic E-state index is 13.5. The number of esters is 1. The highest BCUT2D eigenvalue weighted by Gasteiger charge is 2.90. The molecule has 6 aliphatic rings. The predicted molar refractivity (Wildman–Crippen MR) is 145 cm³/mol. The first-order valence-corrected chi connectivity index (χ1v) is 14.8. The number of methoxy groups -OCH3 is 4. The van der Waals surface area contributed by atoms with Crippen LogP contribution < -0.4 is 0 Å². The van der Waals surface area contributed by atoms with Gasteiger partial charge in [-0.3, -0.25) is 0 Å². The molecule has 0 amide bonds. The van der Waals surface area contributed by atoms with Gasteiger partial charge in [0.25, 0.3) is 0 Å². The molecule has 10 nitrogen and oxygen atoms in total. The molecule has 14 atom stereocenters. The van der Waals surface area contributed by atoms with Crippen LogP contribution in [0.5, 0.6) is 0 Å². The molecule has 10 heteroatoms. The van der Waals surface area contributed by atoms with Crippen molar-refractivity contribution in [3.63, 3.8) is 0 Å². The lowest BCUT2D eigenvalue weighted by Crippen LogP contribution is -2.79. The molecule has 1 aliphatic heterocycles. The minimum atomic E-state index is -1.76. The van der Waals surface area contributed by atoms with Gasteiger partial charge in [-0.25, -0.2) is 4.79 Å². The van der Waals surface area contributed by atoms with Gasteiger partial charge in [-0.2, -0.15) is 0 Å². The van der Waals surface area contributed by atoms with Crippen LogP contribution in [0, 0.1) is 34.5 Å². The van der Waals surface area contributed by atoms with Crippen LogP contribution in [0.3, 0.4) is 0 Å². The van der Waals surface area contributed by atoms with E-state index in [1.165, 1.54) is 7.11 Å². The normalized spacial score (nSPS) is 52.9. The number of piperidine rings is 1. The number of likely N-dealkylation sites (tertiary alicyclic amines) is 1. The number of aliphatic hydroxyl groups is 3. The van der Waals surface area contributed by atoms with Crippen LogP contribution in [-0.4, -0.2) is 123 Å². The number of carbonyl (C=O) groups excluding carboxylic acids is 1. The van der Waals surface area contributed by atoms with E-state index < -0.39 is 58.8 Å². The molecule has 5 aliphatic carbocycles. The highest BCUT2D eigenvalue weighted by Crippen LogP contribution is 2.80. The molecule has 1 aromatic rings. The van der Waals surface area contributed by atoms with Crippen LogP contribution in [0.2, 0.25) is 0 Å². The van der Waals surface area contributed by atoms with Gasteiger partial charge in [0.2, 0.25) is 0 Å². The van der Waals surface area contributed by atoms with Crippen LogP contribution in [0.15, 0.2) is 30.3 Å². The highest BCUT2D eigenvalue weighted by molar-refractivity contribution is 5.89. The predicted octanol–water partition coefficient (Wildman–Crippen LogP) is 0.716. The van der Waals surface area contributed by atoms with E-state index >= 15 is 0 Å². The number of carbonyl (C=O) groups is 1. The van der Waals surface area contributed by atoms with Crippen molar-refractivity contribution in [2.75, 3.05) is 48.6 Å². The van der Waals surface area contributed by atoms with Crippen molar-refractivity contribution in [2.45, 2.75) is 67.0 Å². The lowest BCUT2D eigenvalue weighted by molar-refractivity contribution is -0.313. The third kappa shape index (κ3) is 3.08. The van der Waals surface area contributed by atoms with E-state index in [4.69, 9.17) is 23.7 Å². The first-order valence-electron chi connectivity index (χ1n) is 14.8. The largest absolute Gasteiger partial charge is 0.455 e. The topological polar surface area (TPSA) is 127 Å². The Morgan fingerprint density at radius 1 is 1.02 bits per heavy atom. The molecule has 6 fully saturated rings. The van der Waals surface area contributed by atoms with Gasteiger partial charge in [0.05, 0.1) is 24.4 Å². The molecule has 4 unspecified atom stereocenters. The average molecular weight is 574 g/mol. The maximum Gasteiger partial charge on any atom is 0.338 e. The van der Waals surface area contributed by atoms with Crippen molar-refractivity contribution in [2.24, 2.45) is 34.5 Å². The number of aliphatic hydroxyl groups excluding tert-OH is 1. The van der Waals surface area contributed by atoms with Crippen molar-refractivity contribution in [1.82, 2.24) is 4.90 Å². The minimum Gasteiger partial charge on any atom is -0.455 e. The van der Waals surface area contributed by atoms with Crippen molar-refractivity contribution >= 4 is 5.97 Å². The molecule has 226 valence electrons. The Morgan fingerprint density at radius 3 is 2.39 bits per heavy atom. The smallest absolute Gasteiger partial charge is 0.338 e. The van der Waals surface area contributed by atoms with Crippen molar-refractivity contribution in [3.8, 4) is 0 Å². The Bertz CT molecular complexity index is 1200. The number of ether oxygens (including phenoxy) is 5. The molecule has 1 aromatic carbocycles. The fourth-order valence-electron chi connectivity index (χ4n) is 11.8. The number of benzene rings is 1. The van der Waals surface area contributed by atoms with E-state index in [0.717, 1.165) is 19.4 Å². The summed E-state index contributed by atoms with van der Waals surface area (Å²) < 4.78 is 30.6. The molecule has 1 heterocycles. The van der Waals surface area contributed by atoms with Crippen LogP contribution in [0.1, 0.15) is 29.6 Å². The summed E-state index contributed by atoms with van der Waals surface area (Å²) in [5, 5.41) is 37.6. The Morgan fingerprint density at radius 2 is 1.76 bits per heavy atom. The monoisotopic (exact) mass is 573 g/mol. The summed E-state index contributed by atoms with van der Waals surface area (Å²) in [5.74, 6) is -2.30. The van der Waals surface area contributed by atoms with Crippen LogP contribution in [0.25, 0.3) is 0 Å². The molecule has 1 saturated heterocycles. The van der Waals surface area contributed by atoms with Crippen LogP contribution in [0.4, 0.5) is 0 Å². The van der Waals surface area contributed by atoms with Gasteiger partial charge >= 0.3 is 5.97 Å². The first kappa shape index (κ1) is 28.2. The summed E-state index contributed by atoms with van der Waals surface area (Å²) in [4.78, 5) is 15.8. The Labute approximate surface area is 240 Å². The minimum absolute atomic E-state index is 0.0644. The van der Waals surface area contributed by atoms with E-state index in [1.807, 2.05) is 6.07 Å².